The summed E-state index contributed by atoms with van der Waals surface area (Å²) in [6, 6.07) is 0. The highest BCUT2D eigenvalue weighted by molar-refractivity contribution is 6.76. The molecular weight excluding hydrogens is 406 g/mol. The van der Waals surface area contributed by atoms with E-state index in [2.05, 4.69) is 16.5 Å². The van der Waals surface area contributed by atoms with Gasteiger partial charge in [-0.1, -0.05) is 53.0 Å². The lowest BCUT2D eigenvalue weighted by Gasteiger charge is -2.35. The molecule has 1 fully saturated rings. The highest BCUT2D eigenvalue weighted by Crippen LogP contribution is 2.28. The SMILES string of the molecule is C=C(Cl)C/C(=C\C(C)=NCCN1CCN(C(=O)C(Cl)(Cl)Cl)CC1)CN. The fraction of sp³-hybridized carbons (Fsp3) is 0.625. The summed E-state index contributed by atoms with van der Waals surface area (Å²) in [6.07, 6.45) is 2.52. The van der Waals surface area contributed by atoms with Gasteiger partial charge in [-0.05, 0) is 18.6 Å². The Morgan fingerprint density at radius 3 is 2.36 bits per heavy atom. The van der Waals surface area contributed by atoms with Gasteiger partial charge >= 0.3 is 0 Å². The average molecular weight is 430 g/mol. The summed E-state index contributed by atoms with van der Waals surface area (Å²) in [7, 11) is 0. The molecule has 1 aliphatic heterocycles. The van der Waals surface area contributed by atoms with Gasteiger partial charge in [0.05, 0.1) is 6.54 Å². The van der Waals surface area contributed by atoms with E-state index in [-0.39, 0.29) is 0 Å². The third-order valence-corrected chi connectivity index (χ3v) is 4.39. The van der Waals surface area contributed by atoms with E-state index in [0.29, 0.717) is 37.6 Å². The third-order valence-electron chi connectivity index (χ3n) is 3.77. The van der Waals surface area contributed by atoms with Crippen molar-refractivity contribution in [1.29, 1.82) is 0 Å². The van der Waals surface area contributed by atoms with Gasteiger partial charge < -0.3 is 10.6 Å². The first kappa shape index (κ1) is 22.7. The number of amides is 1. The first-order valence-electron chi connectivity index (χ1n) is 7.95. The first-order chi connectivity index (χ1) is 11.6. The van der Waals surface area contributed by atoms with Crippen LogP contribution in [0.4, 0.5) is 0 Å². The molecule has 0 unspecified atom stereocenters. The lowest BCUT2D eigenvalue weighted by atomic mass is 10.1. The summed E-state index contributed by atoms with van der Waals surface area (Å²) < 4.78 is -1.88. The van der Waals surface area contributed by atoms with Gasteiger partial charge in [0.1, 0.15) is 0 Å². The van der Waals surface area contributed by atoms with E-state index in [1.165, 1.54) is 0 Å². The van der Waals surface area contributed by atoms with Crippen molar-refractivity contribution < 1.29 is 4.79 Å². The Kier molecular flexibility index (Phi) is 9.78. The molecule has 9 heteroatoms. The highest BCUT2D eigenvalue weighted by Gasteiger charge is 2.36. The van der Waals surface area contributed by atoms with Crippen LogP contribution >= 0.6 is 46.4 Å². The molecule has 1 heterocycles. The molecule has 2 N–H and O–H groups in total. The molecule has 0 bridgehead atoms. The number of carbonyl (C=O) groups excluding carboxylic acids is 1. The van der Waals surface area contributed by atoms with Crippen molar-refractivity contribution in [2.24, 2.45) is 10.7 Å². The molecule has 0 aromatic carbocycles. The number of hydrogen-bond donors (Lipinski definition) is 1. The Hall–Kier alpha value is -0.300. The minimum Gasteiger partial charge on any atom is -0.336 e. The van der Waals surface area contributed by atoms with Crippen LogP contribution in [-0.4, -0.2) is 71.0 Å². The van der Waals surface area contributed by atoms with Crippen molar-refractivity contribution in [3.63, 3.8) is 0 Å². The van der Waals surface area contributed by atoms with E-state index in [9.17, 15) is 4.79 Å². The number of nitrogens with zero attached hydrogens (tertiary/aromatic N) is 3. The van der Waals surface area contributed by atoms with Crippen LogP contribution in [0.2, 0.25) is 0 Å². The fourth-order valence-corrected chi connectivity index (χ4v) is 3.02. The number of carbonyl (C=O) groups is 1. The summed E-state index contributed by atoms with van der Waals surface area (Å²) in [5.41, 5.74) is 7.60. The van der Waals surface area contributed by atoms with Crippen LogP contribution in [0.1, 0.15) is 13.3 Å². The molecule has 0 spiro atoms. The van der Waals surface area contributed by atoms with Crippen LogP contribution in [0, 0.1) is 0 Å². The van der Waals surface area contributed by atoms with Gasteiger partial charge in [-0.3, -0.25) is 14.7 Å². The summed E-state index contributed by atoms with van der Waals surface area (Å²) in [4.78, 5) is 20.2. The monoisotopic (exact) mass is 428 g/mol. The molecule has 0 aromatic rings. The number of allylic oxidation sites excluding steroid dienone is 2. The highest BCUT2D eigenvalue weighted by atomic mass is 35.6. The first-order valence-corrected chi connectivity index (χ1v) is 9.47. The van der Waals surface area contributed by atoms with Gasteiger partial charge in [0, 0.05) is 56.4 Å². The number of rotatable bonds is 7. The molecule has 1 saturated heterocycles. The molecule has 0 aromatic heterocycles. The van der Waals surface area contributed by atoms with E-state index >= 15 is 0 Å². The maximum absolute atomic E-state index is 11.9. The van der Waals surface area contributed by atoms with Crippen molar-refractivity contribution in [3.8, 4) is 0 Å². The quantitative estimate of drug-likeness (QED) is 0.499. The van der Waals surface area contributed by atoms with Crippen LogP contribution in [-0.2, 0) is 4.79 Å². The lowest BCUT2D eigenvalue weighted by Crippen LogP contribution is -2.52. The Labute approximate surface area is 169 Å². The summed E-state index contributed by atoms with van der Waals surface area (Å²) in [5, 5.41) is 0.562. The molecule has 0 radical (unpaired) electrons. The van der Waals surface area contributed by atoms with E-state index in [1.807, 2.05) is 13.0 Å². The number of aliphatic imine (C=N–C) groups is 1. The van der Waals surface area contributed by atoms with Gasteiger partial charge in [0.2, 0.25) is 0 Å². The Morgan fingerprint density at radius 1 is 1.28 bits per heavy atom. The van der Waals surface area contributed by atoms with Crippen LogP contribution in [0.15, 0.2) is 28.3 Å². The lowest BCUT2D eigenvalue weighted by molar-refractivity contribution is -0.131. The molecule has 142 valence electrons. The van der Waals surface area contributed by atoms with Crippen molar-refractivity contribution in [3.05, 3.63) is 23.3 Å². The van der Waals surface area contributed by atoms with Gasteiger partial charge in [0.15, 0.2) is 0 Å². The van der Waals surface area contributed by atoms with Crippen LogP contribution in [0.25, 0.3) is 0 Å². The number of halogens is 4. The molecule has 0 atom stereocenters. The second kappa shape index (κ2) is 10.8. The zero-order valence-electron chi connectivity index (χ0n) is 14.3. The molecule has 0 aliphatic carbocycles. The Morgan fingerprint density at radius 2 is 1.88 bits per heavy atom. The van der Waals surface area contributed by atoms with E-state index in [4.69, 9.17) is 52.1 Å². The van der Waals surface area contributed by atoms with Crippen molar-refractivity contribution in [1.82, 2.24) is 9.80 Å². The van der Waals surface area contributed by atoms with Crippen molar-refractivity contribution >= 4 is 58.0 Å². The molecule has 1 aliphatic rings. The molecule has 5 nitrogen and oxygen atoms in total. The normalized spacial score (nSPS) is 17.8. The minimum atomic E-state index is -1.88. The molecule has 1 amide bonds. The second-order valence-corrected chi connectivity index (χ2v) is 8.67. The van der Waals surface area contributed by atoms with Gasteiger partial charge in [-0.2, -0.15) is 0 Å². The van der Waals surface area contributed by atoms with Crippen LogP contribution in [0.5, 0.6) is 0 Å². The average Bonchev–Trinajstić information content (AvgIpc) is 2.53. The molecule has 0 saturated carbocycles. The zero-order valence-corrected chi connectivity index (χ0v) is 17.3. The number of piperazine rings is 1. The van der Waals surface area contributed by atoms with Crippen LogP contribution in [0.3, 0.4) is 0 Å². The summed E-state index contributed by atoms with van der Waals surface area (Å²) in [5.74, 6) is -0.466. The number of nitrogens with two attached hydrogens (primary N) is 1. The summed E-state index contributed by atoms with van der Waals surface area (Å²) in [6.45, 7) is 10.1. The van der Waals surface area contributed by atoms with E-state index < -0.39 is 9.70 Å². The predicted molar refractivity (Wildman–Crippen MR) is 108 cm³/mol. The Bertz CT molecular complexity index is 535. The maximum atomic E-state index is 11.9. The third kappa shape index (κ3) is 8.76. The zero-order chi connectivity index (χ0) is 19.0. The fourth-order valence-electron chi connectivity index (χ4n) is 2.49. The summed E-state index contributed by atoms with van der Waals surface area (Å²) >= 11 is 22.7. The topological polar surface area (TPSA) is 61.9 Å². The molecule has 25 heavy (non-hydrogen) atoms. The second-order valence-electron chi connectivity index (χ2n) is 5.86. The Balaban J connectivity index is 2.41. The van der Waals surface area contributed by atoms with Gasteiger partial charge in [-0.25, -0.2) is 0 Å². The van der Waals surface area contributed by atoms with E-state index in [1.54, 1.807) is 4.90 Å². The smallest absolute Gasteiger partial charge is 0.274 e. The van der Waals surface area contributed by atoms with Crippen LogP contribution < -0.4 is 5.73 Å². The van der Waals surface area contributed by atoms with E-state index in [0.717, 1.165) is 30.9 Å². The molecular formula is C16H24Cl4N4O. The number of alkyl halides is 3. The standard InChI is InChI=1S/C16H24Cl4N4O/c1-12(17)9-14(11-21)10-13(2)22-3-4-23-5-7-24(8-6-23)15(25)16(18,19)20/h10H,1,3-9,11,21H2,2H3/b14-10+,22-13?. The van der Waals surface area contributed by atoms with Gasteiger partial charge in [-0.15, -0.1) is 0 Å². The minimum absolute atomic E-state index is 0.428. The maximum Gasteiger partial charge on any atom is 0.274 e. The van der Waals surface area contributed by atoms with Gasteiger partial charge in [0.25, 0.3) is 9.70 Å². The number of hydrogen-bond acceptors (Lipinski definition) is 4. The predicted octanol–water partition coefficient (Wildman–Crippen LogP) is 2.99. The largest absolute Gasteiger partial charge is 0.336 e. The van der Waals surface area contributed by atoms with Crippen molar-refractivity contribution in [2.75, 3.05) is 45.8 Å². The molecule has 1 rings (SSSR count). The van der Waals surface area contributed by atoms with Crippen molar-refractivity contribution in [2.45, 2.75) is 17.1 Å².